The predicted octanol–water partition coefficient (Wildman–Crippen LogP) is 3.59. The minimum absolute atomic E-state index is 0.571. The van der Waals surface area contributed by atoms with Crippen LogP contribution in [0.5, 0.6) is 0 Å². The van der Waals surface area contributed by atoms with E-state index in [-0.39, 0.29) is 0 Å². The Bertz CT molecular complexity index is 362. The Kier molecular flexibility index (Phi) is 4.06. The molecule has 0 aromatic heterocycles. The summed E-state index contributed by atoms with van der Waals surface area (Å²) < 4.78 is 0. The number of piperidine rings is 1. The van der Waals surface area contributed by atoms with Crippen molar-refractivity contribution in [2.75, 3.05) is 12.3 Å². The maximum Gasteiger partial charge on any atom is 0.0351 e. The fraction of sp³-hybridized carbons (Fsp3) is 0.600. The van der Waals surface area contributed by atoms with Crippen molar-refractivity contribution in [3.8, 4) is 0 Å². The minimum Gasteiger partial charge on any atom is -0.399 e. The molecular formula is C15H24N2. The second kappa shape index (κ2) is 5.54. The highest BCUT2D eigenvalue weighted by molar-refractivity contribution is 5.41. The van der Waals surface area contributed by atoms with Crippen LogP contribution < -0.4 is 5.73 Å². The number of nitrogens with zero attached hydrogens (tertiary/aromatic N) is 1. The van der Waals surface area contributed by atoms with Crippen molar-refractivity contribution < 1.29 is 0 Å². The normalized spacial score (nSPS) is 23.5. The molecule has 1 aromatic rings. The Hall–Kier alpha value is -1.02. The number of nitrogens with two attached hydrogens (primary N) is 1. The van der Waals surface area contributed by atoms with Crippen LogP contribution in [-0.2, 0) is 0 Å². The Morgan fingerprint density at radius 3 is 2.94 bits per heavy atom. The first-order valence-corrected chi connectivity index (χ1v) is 6.83. The zero-order valence-electron chi connectivity index (χ0n) is 11.0. The Morgan fingerprint density at radius 1 is 1.41 bits per heavy atom. The Balaban J connectivity index is 2.21. The molecule has 1 aliphatic rings. The summed E-state index contributed by atoms with van der Waals surface area (Å²) in [6, 6.07) is 9.66. The summed E-state index contributed by atoms with van der Waals surface area (Å²) in [7, 11) is 0. The summed E-state index contributed by atoms with van der Waals surface area (Å²) in [5, 5.41) is 0. The smallest absolute Gasteiger partial charge is 0.0351 e. The largest absolute Gasteiger partial charge is 0.399 e. The van der Waals surface area contributed by atoms with E-state index in [0.717, 1.165) is 5.69 Å². The summed E-state index contributed by atoms with van der Waals surface area (Å²) in [6.07, 6.45) is 5.17. The molecule has 1 heterocycles. The summed E-state index contributed by atoms with van der Waals surface area (Å²) in [5.74, 6) is 0. The number of rotatable bonds is 3. The molecule has 94 valence electrons. The van der Waals surface area contributed by atoms with Crippen molar-refractivity contribution in [3.05, 3.63) is 29.8 Å². The van der Waals surface area contributed by atoms with Gasteiger partial charge in [-0.2, -0.15) is 0 Å². The highest BCUT2D eigenvalue weighted by Gasteiger charge is 2.26. The SMILES string of the molecule is CCC(C)N1CCCCC1c1cccc(N)c1. The summed E-state index contributed by atoms with van der Waals surface area (Å²) in [6.45, 7) is 5.84. The van der Waals surface area contributed by atoms with Gasteiger partial charge in [-0.05, 0) is 50.4 Å². The third-order valence-corrected chi connectivity index (χ3v) is 4.00. The van der Waals surface area contributed by atoms with Gasteiger partial charge in [0.05, 0.1) is 0 Å². The highest BCUT2D eigenvalue weighted by atomic mass is 15.2. The quantitative estimate of drug-likeness (QED) is 0.807. The van der Waals surface area contributed by atoms with E-state index in [1.807, 2.05) is 6.07 Å². The molecule has 2 rings (SSSR count). The lowest BCUT2D eigenvalue weighted by molar-refractivity contribution is 0.101. The summed E-state index contributed by atoms with van der Waals surface area (Å²) in [5.41, 5.74) is 8.18. The van der Waals surface area contributed by atoms with Gasteiger partial charge >= 0.3 is 0 Å². The Morgan fingerprint density at radius 2 is 2.24 bits per heavy atom. The van der Waals surface area contributed by atoms with E-state index in [9.17, 15) is 0 Å². The van der Waals surface area contributed by atoms with Gasteiger partial charge in [0.25, 0.3) is 0 Å². The topological polar surface area (TPSA) is 29.3 Å². The van der Waals surface area contributed by atoms with Gasteiger partial charge in [0.2, 0.25) is 0 Å². The van der Waals surface area contributed by atoms with E-state index < -0.39 is 0 Å². The van der Waals surface area contributed by atoms with Crippen molar-refractivity contribution in [1.82, 2.24) is 4.90 Å². The van der Waals surface area contributed by atoms with E-state index in [4.69, 9.17) is 5.73 Å². The van der Waals surface area contributed by atoms with Crippen LogP contribution in [0.25, 0.3) is 0 Å². The van der Waals surface area contributed by atoms with Crippen LogP contribution in [0.4, 0.5) is 5.69 Å². The molecular weight excluding hydrogens is 208 g/mol. The van der Waals surface area contributed by atoms with Crippen LogP contribution >= 0.6 is 0 Å². The number of hydrogen-bond acceptors (Lipinski definition) is 2. The van der Waals surface area contributed by atoms with Gasteiger partial charge in [-0.1, -0.05) is 25.5 Å². The first-order valence-electron chi connectivity index (χ1n) is 6.83. The lowest BCUT2D eigenvalue weighted by Gasteiger charge is -2.40. The molecule has 2 nitrogen and oxygen atoms in total. The molecule has 0 bridgehead atoms. The van der Waals surface area contributed by atoms with Gasteiger partial charge in [-0.15, -0.1) is 0 Å². The van der Waals surface area contributed by atoms with Crippen LogP contribution in [0.1, 0.15) is 51.1 Å². The van der Waals surface area contributed by atoms with Gasteiger partial charge in [-0.25, -0.2) is 0 Å². The van der Waals surface area contributed by atoms with Gasteiger partial charge in [0, 0.05) is 17.8 Å². The first kappa shape index (κ1) is 12.4. The fourth-order valence-electron chi connectivity index (χ4n) is 2.84. The number of hydrogen-bond donors (Lipinski definition) is 1. The van der Waals surface area contributed by atoms with Crippen LogP contribution in [0.3, 0.4) is 0 Å². The third-order valence-electron chi connectivity index (χ3n) is 4.00. The summed E-state index contributed by atoms with van der Waals surface area (Å²) >= 11 is 0. The molecule has 0 saturated carbocycles. The molecule has 1 aliphatic heterocycles. The lowest BCUT2D eigenvalue weighted by Crippen LogP contribution is -2.39. The van der Waals surface area contributed by atoms with Crippen LogP contribution in [0, 0.1) is 0 Å². The van der Waals surface area contributed by atoms with E-state index in [0.29, 0.717) is 12.1 Å². The van der Waals surface area contributed by atoms with Crippen LogP contribution in [0.15, 0.2) is 24.3 Å². The third kappa shape index (κ3) is 2.81. The predicted molar refractivity (Wildman–Crippen MR) is 73.9 cm³/mol. The zero-order chi connectivity index (χ0) is 12.3. The molecule has 17 heavy (non-hydrogen) atoms. The molecule has 2 N–H and O–H groups in total. The molecule has 1 fully saturated rings. The molecule has 0 spiro atoms. The first-order chi connectivity index (χ1) is 8.22. The molecule has 1 aromatic carbocycles. The van der Waals surface area contributed by atoms with Crippen molar-refractivity contribution in [3.63, 3.8) is 0 Å². The maximum atomic E-state index is 5.90. The summed E-state index contributed by atoms with van der Waals surface area (Å²) in [4.78, 5) is 2.65. The number of nitrogen functional groups attached to an aromatic ring is 1. The molecule has 2 atom stereocenters. The van der Waals surface area contributed by atoms with Gasteiger partial charge < -0.3 is 5.73 Å². The maximum absolute atomic E-state index is 5.90. The highest BCUT2D eigenvalue weighted by Crippen LogP contribution is 2.33. The second-order valence-electron chi connectivity index (χ2n) is 5.18. The number of benzene rings is 1. The van der Waals surface area contributed by atoms with Crippen molar-refractivity contribution in [2.24, 2.45) is 0 Å². The van der Waals surface area contributed by atoms with Gasteiger partial charge in [0.15, 0.2) is 0 Å². The van der Waals surface area contributed by atoms with Crippen molar-refractivity contribution in [1.29, 1.82) is 0 Å². The van der Waals surface area contributed by atoms with Gasteiger partial charge in [0.1, 0.15) is 0 Å². The minimum atomic E-state index is 0.571. The monoisotopic (exact) mass is 232 g/mol. The van der Waals surface area contributed by atoms with Crippen molar-refractivity contribution in [2.45, 2.75) is 51.6 Å². The van der Waals surface area contributed by atoms with E-state index in [2.05, 4.69) is 36.9 Å². The molecule has 0 amide bonds. The molecule has 2 unspecified atom stereocenters. The standard InChI is InChI=1S/C15H24N2/c1-3-12(2)17-10-5-4-9-15(17)13-7-6-8-14(16)11-13/h6-8,11-12,15H,3-5,9-10,16H2,1-2H3. The Labute approximate surface area is 105 Å². The number of anilines is 1. The molecule has 0 radical (unpaired) electrons. The van der Waals surface area contributed by atoms with Crippen LogP contribution in [-0.4, -0.2) is 17.5 Å². The van der Waals surface area contributed by atoms with E-state index in [1.54, 1.807) is 0 Å². The average Bonchev–Trinajstić information content (AvgIpc) is 2.38. The molecule has 2 heteroatoms. The average molecular weight is 232 g/mol. The van der Waals surface area contributed by atoms with Crippen LogP contribution in [0.2, 0.25) is 0 Å². The van der Waals surface area contributed by atoms with Gasteiger partial charge in [-0.3, -0.25) is 4.90 Å². The van der Waals surface area contributed by atoms with E-state index >= 15 is 0 Å². The fourth-order valence-corrected chi connectivity index (χ4v) is 2.84. The van der Waals surface area contributed by atoms with E-state index in [1.165, 1.54) is 37.8 Å². The lowest BCUT2D eigenvalue weighted by atomic mass is 9.93. The number of likely N-dealkylation sites (tertiary alicyclic amines) is 1. The van der Waals surface area contributed by atoms with Crippen molar-refractivity contribution >= 4 is 5.69 Å². The molecule has 0 aliphatic carbocycles. The zero-order valence-corrected chi connectivity index (χ0v) is 11.0. The molecule has 1 saturated heterocycles. The second-order valence-corrected chi connectivity index (χ2v) is 5.18.